The Labute approximate surface area is 126 Å². The molecule has 2 aromatic rings. The summed E-state index contributed by atoms with van der Waals surface area (Å²) >= 11 is 3.04. The van der Waals surface area contributed by atoms with Gasteiger partial charge in [-0.05, 0) is 18.4 Å². The van der Waals surface area contributed by atoms with Crippen LogP contribution in [0.2, 0.25) is 0 Å². The van der Waals surface area contributed by atoms with Crippen molar-refractivity contribution < 1.29 is 4.79 Å². The zero-order valence-electron chi connectivity index (χ0n) is 10.9. The molecule has 1 aliphatic heterocycles. The van der Waals surface area contributed by atoms with Crippen molar-refractivity contribution in [2.24, 2.45) is 0 Å². The molecule has 0 saturated carbocycles. The second-order valence-corrected chi connectivity index (χ2v) is 6.98. The van der Waals surface area contributed by atoms with E-state index >= 15 is 0 Å². The van der Waals surface area contributed by atoms with Crippen molar-refractivity contribution in [1.82, 2.24) is 15.1 Å². The number of amides is 1. The average molecular weight is 305 g/mol. The summed E-state index contributed by atoms with van der Waals surface area (Å²) in [5.41, 5.74) is 2.89. The van der Waals surface area contributed by atoms with Gasteiger partial charge in [0, 0.05) is 13.1 Å². The molecule has 1 amide bonds. The van der Waals surface area contributed by atoms with E-state index in [0.29, 0.717) is 6.54 Å². The van der Waals surface area contributed by atoms with Crippen LogP contribution in [0.1, 0.15) is 18.4 Å². The standard InChI is InChI=1S/C14H15N3OS2/c18-13-12(20-14-16-15-10-19-14)7-4-8-17(13)9-11-5-2-1-3-6-11/h1-3,5-6,10,12H,4,7-9H2/t12-/m1/s1. The van der Waals surface area contributed by atoms with E-state index in [1.807, 2.05) is 23.1 Å². The van der Waals surface area contributed by atoms with Crippen LogP contribution < -0.4 is 0 Å². The Kier molecular flexibility index (Phi) is 4.32. The minimum Gasteiger partial charge on any atom is -0.337 e. The van der Waals surface area contributed by atoms with Crippen LogP contribution in [0.25, 0.3) is 0 Å². The van der Waals surface area contributed by atoms with E-state index in [9.17, 15) is 4.79 Å². The van der Waals surface area contributed by atoms with Gasteiger partial charge in [0.25, 0.3) is 0 Å². The summed E-state index contributed by atoms with van der Waals surface area (Å²) in [6.45, 7) is 1.55. The summed E-state index contributed by atoms with van der Waals surface area (Å²) in [5, 5.41) is 7.82. The number of benzene rings is 1. The van der Waals surface area contributed by atoms with Gasteiger partial charge < -0.3 is 4.90 Å². The lowest BCUT2D eigenvalue weighted by atomic mass is 10.1. The van der Waals surface area contributed by atoms with Crippen LogP contribution in [-0.2, 0) is 11.3 Å². The Balaban J connectivity index is 1.66. The quantitative estimate of drug-likeness (QED) is 0.871. The molecule has 1 aromatic heterocycles. The first-order valence-electron chi connectivity index (χ1n) is 6.58. The lowest BCUT2D eigenvalue weighted by Crippen LogP contribution is -2.42. The van der Waals surface area contributed by atoms with Crippen molar-refractivity contribution in [3.63, 3.8) is 0 Å². The second-order valence-electron chi connectivity index (χ2n) is 4.70. The van der Waals surface area contributed by atoms with Crippen LogP contribution in [0, 0.1) is 0 Å². The number of piperidine rings is 1. The van der Waals surface area contributed by atoms with E-state index in [4.69, 9.17) is 0 Å². The highest BCUT2D eigenvalue weighted by Crippen LogP contribution is 2.31. The third-order valence-corrected chi connectivity index (χ3v) is 5.35. The van der Waals surface area contributed by atoms with Gasteiger partial charge in [-0.25, -0.2) is 0 Å². The molecular weight excluding hydrogens is 290 g/mol. The molecule has 1 aliphatic rings. The van der Waals surface area contributed by atoms with Gasteiger partial charge in [0.05, 0.1) is 5.25 Å². The molecule has 0 bridgehead atoms. The maximum absolute atomic E-state index is 12.5. The molecule has 0 unspecified atom stereocenters. The number of hydrogen-bond acceptors (Lipinski definition) is 5. The normalized spacial score (nSPS) is 19.3. The molecule has 0 aliphatic carbocycles. The minimum absolute atomic E-state index is 0.0135. The van der Waals surface area contributed by atoms with Crippen LogP contribution in [0.4, 0.5) is 0 Å². The summed E-state index contributed by atoms with van der Waals surface area (Å²) in [4.78, 5) is 14.5. The number of thioether (sulfide) groups is 1. The van der Waals surface area contributed by atoms with Crippen molar-refractivity contribution in [3.05, 3.63) is 41.4 Å². The fourth-order valence-electron chi connectivity index (χ4n) is 2.31. The molecule has 1 saturated heterocycles. The molecule has 20 heavy (non-hydrogen) atoms. The van der Waals surface area contributed by atoms with E-state index in [1.165, 1.54) is 16.9 Å². The van der Waals surface area contributed by atoms with Gasteiger partial charge in [0.15, 0.2) is 4.34 Å². The van der Waals surface area contributed by atoms with Gasteiger partial charge in [-0.15, -0.1) is 10.2 Å². The van der Waals surface area contributed by atoms with Crippen molar-refractivity contribution in [1.29, 1.82) is 0 Å². The van der Waals surface area contributed by atoms with Crippen LogP contribution in [-0.4, -0.2) is 32.8 Å². The monoisotopic (exact) mass is 305 g/mol. The summed E-state index contributed by atoms with van der Waals surface area (Å²) in [5.74, 6) is 0.223. The number of carbonyl (C=O) groups is 1. The van der Waals surface area contributed by atoms with Crippen molar-refractivity contribution in [2.75, 3.05) is 6.54 Å². The Morgan fingerprint density at radius 2 is 2.20 bits per heavy atom. The van der Waals surface area contributed by atoms with E-state index in [0.717, 1.165) is 23.7 Å². The summed E-state index contributed by atoms with van der Waals surface area (Å²) in [7, 11) is 0. The molecule has 1 fully saturated rings. The summed E-state index contributed by atoms with van der Waals surface area (Å²) < 4.78 is 0.880. The molecule has 6 heteroatoms. The molecule has 104 valence electrons. The van der Waals surface area contributed by atoms with Crippen molar-refractivity contribution in [3.8, 4) is 0 Å². The predicted molar refractivity (Wildman–Crippen MR) is 80.6 cm³/mol. The number of aromatic nitrogens is 2. The van der Waals surface area contributed by atoms with Gasteiger partial charge in [-0.3, -0.25) is 4.79 Å². The molecule has 4 nitrogen and oxygen atoms in total. The Morgan fingerprint density at radius 1 is 1.35 bits per heavy atom. The van der Waals surface area contributed by atoms with E-state index in [-0.39, 0.29) is 11.2 Å². The Bertz CT molecular complexity index is 559. The van der Waals surface area contributed by atoms with E-state index in [2.05, 4.69) is 22.3 Å². The molecule has 2 heterocycles. The third-order valence-electron chi connectivity index (χ3n) is 3.28. The topological polar surface area (TPSA) is 46.1 Å². The van der Waals surface area contributed by atoms with Crippen molar-refractivity contribution in [2.45, 2.75) is 29.0 Å². The Hall–Kier alpha value is -1.40. The zero-order chi connectivity index (χ0) is 13.8. The van der Waals surface area contributed by atoms with Crippen LogP contribution in [0.5, 0.6) is 0 Å². The Morgan fingerprint density at radius 3 is 2.95 bits per heavy atom. The summed E-state index contributed by atoms with van der Waals surface area (Å²) in [6.07, 6.45) is 1.98. The van der Waals surface area contributed by atoms with Crippen LogP contribution in [0.15, 0.2) is 40.2 Å². The number of likely N-dealkylation sites (tertiary alicyclic amines) is 1. The first kappa shape index (κ1) is 13.6. The lowest BCUT2D eigenvalue weighted by molar-refractivity contribution is -0.133. The lowest BCUT2D eigenvalue weighted by Gasteiger charge is -2.31. The summed E-state index contributed by atoms with van der Waals surface area (Å²) in [6, 6.07) is 10.1. The minimum atomic E-state index is -0.0135. The first-order valence-corrected chi connectivity index (χ1v) is 8.34. The first-order chi connectivity index (χ1) is 9.83. The molecule has 1 atom stereocenters. The largest absolute Gasteiger partial charge is 0.337 e. The molecule has 1 aromatic carbocycles. The highest BCUT2D eigenvalue weighted by molar-refractivity contribution is 8.02. The number of carbonyl (C=O) groups excluding carboxylic acids is 1. The number of rotatable bonds is 4. The maximum atomic E-state index is 12.5. The van der Waals surface area contributed by atoms with E-state index < -0.39 is 0 Å². The fourth-order valence-corrected chi connectivity index (χ4v) is 4.16. The molecule has 0 spiro atoms. The smallest absolute Gasteiger partial charge is 0.236 e. The fraction of sp³-hybridized carbons (Fsp3) is 0.357. The van der Waals surface area contributed by atoms with E-state index in [1.54, 1.807) is 17.3 Å². The molecule has 3 rings (SSSR count). The highest BCUT2D eigenvalue weighted by atomic mass is 32.2. The third kappa shape index (κ3) is 3.19. The van der Waals surface area contributed by atoms with Gasteiger partial charge >= 0.3 is 0 Å². The molecule has 0 radical (unpaired) electrons. The van der Waals surface area contributed by atoms with Gasteiger partial charge in [-0.2, -0.15) is 0 Å². The second kappa shape index (κ2) is 6.37. The zero-order valence-corrected chi connectivity index (χ0v) is 12.6. The maximum Gasteiger partial charge on any atom is 0.236 e. The number of nitrogens with zero attached hydrogens (tertiary/aromatic N) is 3. The highest BCUT2D eigenvalue weighted by Gasteiger charge is 2.30. The van der Waals surface area contributed by atoms with Gasteiger partial charge in [0.1, 0.15) is 5.51 Å². The van der Waals surface area contributed by atoms with Crippen molar-refractivity contribution >= 4 is 29.0 Å². The van der Waals surface area contributed by atoms with Gasteiger partial charge in [0.2, 0.25) is 5.91 Å². The average Bonchev–Trinajstić information content (AvgIpc) is 2.97. The van der Waals surface area contributed by atoms with Crippen LogP contribution in [0.3, 0.4) is 0 Å². The molecule has 0 N–H and O–H groups in total. The molecular formula is C14H15N3OS2. The predicted octanol–water partition coefficient (Wildman–Crippen LogP) is 2.82. The van der Waals surface area contributed by atoms with Gasteiger partial charge in [-0.1, -0.05) is 53.4 Å². The van der Waals surface area contributed by atoms with Crippen LogP contribution >= 0.6 is 23.1 Å². The number of hydrogen-bond donors (Lipinski definition) is 0. The SMILES string of the molecule is O=C1[C@H](Sc2nncs2)CCCN1Cc1ccccc1.